The molecule has 0 aromatic carbocycles. The van der Waals surface area contributed by atoms with E-state index in [1.54, 1.807) is 0 Å². The average Bonchev–Trinajstić information content (AvgIpc) is 2.90. The lowest BCUT2D eigenvalue weighted by molar-refractivity contribution is -0.181. The van der Waals surface area contributed by atoms with Crippen molar-refractivity contribution in [1.82, 2.24) is 0 Å². The summed E-state index contributed by atoms with van der Waals surface area (Å²) < 4.78 is 5.67. The number of hydrogen-bond acceptors (Lipinski definition) is 3. The predicted molar refractivity (Wildman–Crippen MR) is 75.2 cm³/mol. The summed E-state index contributed by atoms with van der Waals surface area (Å²) in [5, 5.41) is 9.43. The summed E-state index contributed by atoms with van der Waals surface area (Å²) in [5.74, 6) is -1.30. The second-order valence-electron chi connectivity index (χ2n) is 6.57. The van der Waals surface area contributed by atoms with E-state index in [2.05, 4.69) is 12.2 Å². The second-order valence-corrected chi connectivity index (χ2v) is 6.57. The first-order valence-electron chi connectivity index (χ1n) is 7.50. The van der Waals surface area contributed by atoms with Crippen molar-refractivity contribution in [2.75, 3.05) is 0 Å². The molecular formula is C16H24O4. The number of ether oxygens (including phenoxy) is 1. The van der Waals surface area contributed by atoms with Gasteiger partial charge in [-0.1, -0.05) is 25.0 Å². The molecule has 2 aliphatic carbocycles. The van der Waals surface area contributed by atoms with Crippen molar-refractivity contribution in [2.24, 2.45) is 11.3 Å². The van der Waals surface area contributed by atoms with E-state index < -0.39 is 23.0 Å². The number of hydrogen-bond donors (Lipinski definition) is 1. The summed E-state index contributed by atoms with van der Waals surface area (Å²) in [5.41, 5.74) is -1.91. The van der Waals surface area contributed by atoms with Crippen LogP contribution in [0.5, 0.6) is 0 Å². The summed E-state index contributed by atoms with van der Waals surface area (Å²) in [7, 11) is 0. The minimum atomic E-state index is -1.30. The third-order valence-corrected chi connectivity index (χ3v) is 4.87. The van der Waals surface area contributed by atoms with Gasteiger partial charge in [0.25, 0.3) is 0 Å². The first-order chi connectivity index (χ1) is 9.38. The maximum absolute atomic E-state index is 12.4. The van der Waals surface area contributed by atoms with E-state index in [1.165, 1.54) is 0 Å². The van der Waals surface area contributed by atoms with Crippen LogP contribution in [0.1, 0.15) is 58.8 Å². The number of carboxylic acids is 1. The molecule has 0 aliphatic heterocycles. The predicted octanol–water partition coefficient (Wildman–Crippen LogP) is 3.31. The Kier molecular flexibility index (Phi) is 4.21. The zero-order valence-corrected chi connectivity index (χ0v) is 12.4. The van der Waals surface area contributed by atoms with Gasteiger partial charge in [0.05, 0.1) is 0 Å². The second kappa shape index (κ2) is 5.58. The van der Waals surface area contributed by atoms with Crippen molar-refractivity contribution in [3.63, 3.8) is 0 Å². The van der Waals surface area contributed by atoms with Crippen LogP contribution in [0, 0.1) is 11.3 Å². The first kappa shape index (κ1) is 15.1. The van der Waals surface area contributed by atoms with Gasteiger partial charge in [-0.25, -0.2) is 0 Å². The topological polar surface area (TPSA) is 63.6 Å². The van der Waals surface area contributed by atoms with Gasteiger partial charge < -0.3 is 9.84 Å². The smallest absolute Gasteiger partial charge is 0.324 e. The van der Waals surface area contributed by atoms with E-state index in [9.17, 15) is 14.7 Å². The fraction of sp³-hybridized carbons (Fsp3) is 0.750. The van der Waals surface area contributed by atoms with Gasteiger partial charge >= 0.3 is 11.9 Å². The molecule has 1 unspecified atom stereocenters. The third kappa shape index (κ3) is 2.74. The minimum Gasteiger partial charge on any atom is -0.480 e. The van der Waals surface area contributed by atoms with E-state index in [0.29, 0.717) is 12.8 Å². The molecule has 0 heterocycles. The van der Waals surface area contributed by atoms with Crippen molar-refractivity contribution in [3.05, 3.63) is 12.2 Å². The van der Waals surface area contributed by atoms with Crippen LogP contribution in [0.25, 0.3) is 0 Å². The zero-order valence-electron chi connectivity index (χ0n) is 12.4. The van der Waals surface area contributed by atoms with Crippen LogP contribution in [0.3, 0.4) is 0 Å². The van der Waals surface area contributed by atoms with Gasteiger partial charge in [0.1, 0.15) is 5.60 Å². The Bertz CT molecular complexity index is 416. The van der Waals surface area contributed by atoms with Gasteiger partial charge in [-0.05, 0) is 46.0 Å². The van der Waals surface area contributed by atoms with Gasteiger partial charge in [0, 0.05) is 5.92 Å². The van der Waals surface area contributed by atoms with E-state index in [0.717, 1.165) is 32.1 Å². The number of allylic oxidation sites excluding steroid dienone is 2. The summed E-state index contributed by atoms with van der Waals surface area (Å²) >= 11 is 0. The number of esters is 1. The molecule has 20 heavy (non-hydrogen) atoms. The maximum Gasteiger partial charge on any atom is 0.324 e. The number of carbonyl (C=O) groups excluding carboxylic acids is 1. The molecular weight excluding hydrogens is 256 g/mol. The van der Waals surface area contributed by atoms with Crippen molar-refractivity contribution < 1.29 is 19.4 Å². The minimum absolute atomic E-state index is 0.267. The summed E-state index contributed by atoms with van der Waals surface area (Å²) in [6.45, 7) is 3.80. The van der Waals surface area contributed by atoms with Crippen LogP contribution in [0.15, 0.2) is 12.2 Å². The molecule has 0 amide bonds. The summed E-state index contributed by atoms with van der Waals surface area (Å²) in [6.07, 6.45) is 9.51. The lowest BCUT2D eigenvalue weighted by Gasteiger charge is -2.37. The van der Waals surface area contributed by atoms with Crippen molar-refractivity contribution in [2.45, 2.75) is 64.4 Å². The van der Waals surface area contributed by atoms with Gasteiger partial charge in [0.2, 0.25) is 0 Å². The SMILES string of the molecule is CC(C)(OC(=O)C1(C(=O)O)CCCC1)C1CC=CCC1. The maximum atomic E-state index is 12.4. The molecule has 0 bridgehead atoms. The summed E-state index contributed by atoms with van der Waals surface area (Å²) in [4.78, 5) is 24.0. The molecule has 1 atom stereocenters. The highest BCUT2D eigenvalue weighted by Crippen LogP contribution is 2.42. The van der Waals surface area contributed by atoms with Gasteiger partial charge in [-0.15, -0.1) is 0 Å². The molecule has 0 spiro atoms. The van der Waals surface area contributed by atoms with Crippen LogP contribution in [0.4, 0.5) is 0 Å². The highest BCUT2D eigenvalue weighted by atomic mass is 16.6. The largest absolute Gasteiger partial charge is 0.480 e. The zero-order chi connectivity index (χ0) is 14.8. The normalized spacial score (nSPS) is 25.4. The quantitative estimate of drug-likeness (QED) is 0.487. The van der Waals surface area contributed by atoms with Crippen LogP contribution >= 0.6 is 0 Å². The van der Waals surface area contributed by atoms with Gasteiger partial charge in [0.15, 0.2) is 5.41 Å². The number of carbonyl (C=O) groups is 2. The van der Waals surface area contributed by atoms with Crippen molar-refractivity contribution in [1.29, 1.82) is 0 Å². The highest BCUT2D eigenvalue weighted by Gasteiger charge is 2.51. The average molecular weight is 280 g/mol. The van der Waals surface area contributed by atoms with Crippen LogP contribution in [-0.4, -0.2) is 22.6 Å². The molecule has 0 saturated heterocycles. The van der Waals surface area contributed by atoms with E-state index in [-0.39, 0.29) is 5.92 Å². The molecule has 0 aromatic rings. The van der Waals surface area contributed by atoms with E-state index >= 15 is 0 Å². The van der Waals surface area contributed by atoms with Crippen molar-refractivity contribution in [3.8, 4) is 0 Å². The molecule has 4 heteroatoms. The fourth-order valence-electron chi connectivity index (χ4n) is 3.33. The Hall–Kier alpha value is -1.32. The van der Waals surface area contributed by atoms with Crippen LogP contribution in [0.2, 0.25) is 0 Å². The molecule has 0 aromatic heterocycles. The lowest BCUT2D eigenvalue weighted by Crippen LogP contribution is -2.45. The molecule has 1 saturated carbocycles. The fourth-order valence-corrected chi connectivity index (χ4v) is 3.33. The van der Waals surface area contributed by atoms with Crippen LogP contribution < -0.4 is 0 Å². The van der Waals surface area contributed by atoms with Gasteiger partial charge in [-0.3, -0.25) is 9.59 Å². The molecule has 2 aliphatic rings. The first-order valence-corrected chi connectivity index (χ1v) is 7.50. The molecule has 1 fully saturated rings. The molecule has 4 nitrogen and oxygen atoms in total. The molecule has 112 valence electrons. The van der Waals surface area contributed by atoms with Crippen molar-refractivity contribution >= 4 is 11.9 Å². The molecule has 0 radical (unpaired) electrons. The Balaban J connectivity index is 2.09. The Labute approximate surface area is 120 Å². The third-order valence-electron chi connectivity index (χ3n) is 4.87. The Morgan fingerprint density at radius 1 is 1.25 bits per heavy atom. The number of aliphatic carboxylic acids is 1. The highest BCUT2D eigenvalue weighted by molar-refractivity contribution is 5.99. The molecule has 1 N–H and O–H groups in total. The van der Waals surface area contributed by atoms with E-state index in [4.69, 9.17) is 4.74 Å². The Morgan fingerprint density at radius 3 is 2.40 bits per heavy atom. The van der Waals surface area contributed by atoms with E-state index in [1.807, 2.05) is 13.8 Å². The number of carboxylic acid groups (broad SMARTS) is 1. The van der Waals surface area contributed by atoms with Gasteiger partial charge in [-0.2, -0.15) is 0 Å². The monoisotopic (exact) mass is 280 g/mol. The molecule has 2 rings (SSSR count). The standard InChI is InChI=1S/C16H24O4/c1-15(2,12-8-4-3-5-9-12)20-14(19)16(13(17)18)10-6-7-11-16/h3-4,12H,5-11H2,1-2H3,(H,17,18). The number of rotatable bonds is 4. The lowest BCUT2D eigenvalue weighted by atomic mass is 9.80. The van der Waals surface area contributed by atoms with Crippen LogP contribution in [-0.2, 0) is 14.3 Å². The summed E-state index contributed by atoms with van der Waals surface area (Å²) in [6, 6.07) is 0. The Morgan fingerprint density at radius 2 is 1.90 bits per heavy atom.